The van der Waals surface area contributed by atoms with Gasteiger partial charge < -0.3 is 19.5 Å². The Labute approximate surface area is 152 Å². The zero-order valence-corrected chi connectivity index (χ0v) is 15.3. The van der Waals surface area contributed by atoms with Gasteiger partial charge in [0.1, 0.15) is 0 Å². The summed E-state index contributed by atoms with van der Waals surface area (Å²) in [5.41, 5.74) is -1.17. The highest BCUT2D eigenvalue weighted by molar-refractivity contribution is 6.07. The maximum Gasteiger partial charge on any atom is 0.343 e. The monoisotopic (exact) mass is 363 g/mol. The Morgan fingerprint density at radius 1 is 1.00 bits per heavy atom. The first kappa shape index (κ1) is 18.5. The lowest BCUT2D eigenvalue weighted by Crippen LogP contribution is -2.67. The van der Waals surface area contributed by atoms with Crippen LogP contribution in [0.2, 0.25) is 0 Å². The molecule has 0 aromatic carbocycles. The summed E-state index contributed by atoms with van der Waals surface area (Å²) in [7, 11) is 0. The molecular formula is C19H25NO6. The van der Waals surface area contributed by atoms with Gasteiger partial charge in [-0.2, -0.15) is 0 Å². The van der Waals surface area contributed by atoms with Crippen LogP contribution in [0, 0.1) is 23.7 Å². The Hall–Kier alpha value is -2.31. The van der Waals surface area contributed by atoms with E-state index in [9.17, 15) is 14.4 Å². The number of rotatable bonds is 6. The molecule has 0 amide bonds. The van der Waals surface area contributed by atoms with Crippen molar-refractivity contribution in [3.8, 4) is 0 Å². The largest absolute Gasteiger partial charge is 0.464 e. The van der Waals surface area contributed by atoms with Crippen LogP contribution in [0.4, 0.5) is 0 Å². The van der Waals surface area contributed by atoms with Gasteiger partial charge in [0.25, 0.3) is 0 Å². The zero-order chi connectivity index (χ0) is 18.9. The molecule has 0 aromatic rings. The predicted octanol–water partition coefficient (Wildman–Crippen LogP) is 1.34. The Balaban J connectivity index is 2.08. The van der Waals surface area contributed by atoms with E-state index in [1.807, 2.05) is 6.08 Å². The van der Waals surface area contributed by atoms with Gasteiger partial charge in [-0.25, -0.2) is 14.4 Å². The predicted molar refractivity (Wildman–Crippen MR) is 91.6 cm³/mol. The van der Waals surface area contributed by atoms with Crippen LogP contribution in [0.15, 0.2) is 23.9 Å². The van der Waals surface area contributed by atoms with Crippen LogP contribution >= 0.6 is 0 Å². The summed E-state index contributed by atoms with van der Waals surface area (Å²) in [6.07, 6.45) is 6.32. The number of esters is 3. The summed E-state index contributed by atoms with van der Waals surface area (Å²) < 4.78 is 15.7. The summed E-state index contributed by atoms with van der Waals surface area (Å²) >= 11 is 0. The minimum atomic E-state index is -1.64. The standard InChI is InChI=1S/C19H25NO6/c1-4-24-16(21)13-10-20-19(17(22)25-5-2,18(23)26-6-3)15-12-8-7-11(9-12)14(13)15/h7-8,10-12,14-15,20H,4-6,9H2,1-3H3/t11-,12+,14-,15-/m0/s1. The molecule has 0 unspecified atom stereocenters. The van der Waals surface area contributed by atoms with Gasteiger partial charge in [-0.05, 0) is 39.0 Å². The van der Waals surface area contributed by atoms with Gasteiger partial charge in [0.05, 0.1) is 25.4 Å². The van der Waals surface area contributed by atoms with Crippen LogP contribution in [0.1, 0.15) is 27.2 Å². The Morgan fingerprint density at radius 3 is 2.15 bits per heavy atom. The number of hydrogen-bond donors (Lipinski definition) is 1. The number of allylic oxidation sites excluding steroid dienone is 2. The van der Waals surface area contributed by atoms with Gasteiger partial charge >= 0.3 is 17.9 Å². The second kappa shape index (κ2) is 7.13. The van der Waals surface area contributed by atoms with E-state index in [1.165, 1.54) is 6.20 Å². The molecule has 26 heavy (non-hydrogen) atoms. The lowest BCUT2D eigenvalue weighted by Gasteiger charge is -2.44. The van der Waals surface area contributed by atoms with Gasteiger partial charge in [0.15, 0.2) is 0 Å². The van der Waals surface area contributed by atoms with Crippen molar-refractivity contribution < 1.29 is 28.6 Å². The SMILES string of the molecule is CCOC(=O)C1=CNC(C(=O)OCC)(C(=O)OCC)[C@@H]2[C@H]1[C@H]1C=C[C@@H]2C1. The molecule has 3 rings (SSSR count). The van der Waals surface area contributed by atoms with Crippen LogP contribution in [-0.2, 0) is 28.6 Å². The first-order chi connectivity index (χ1) is 12.5. The maximum atomic E-state index is 12.9. The fraction of sp³-hybridized carbons (Fsp3) is 0.632. The second-order valence-corrected chi connectivity index (χ2v) is 6.71. The molecule has 1 N–H and O–H groups in total. The van der Waals surface area contributed by atoms with E-state index in [4.69, 9.17) is 14.2 Å². The van der Waals surface area contributed by atoms with E-state index in [-0.39, 0.29) is 37.6 Å². The number of hydrogen-bond acceptors (Lipinski definition) is 7. The average Bonchev–Trinajstić information content (AvgIpc) is 3.24. The van der Waals surface area contributed by atoms with Crippen LogP contribution in [0.3, 0.4) is 0 Å². The number of carbonyl (C=O) groups excluding carboxylic acids is 3. The zero-order valence-electron chi connectivity index (χ0n) is 15.3. The molecule has 1 heterocycles. The fourth-order valence-corrected chi connectivity index (χ4v) is 4.59. The van der Waals surface area contributed by atoms with Crippen molar-refractivity contribution in [1.82, 2.24) is 5.32 Å². The minimum Gasteiger partial charge on any atom is -0.464 e. The number of ether oxygens (including phenoxy) is 3. The first-order valence-corrected chi connectivity index (χ1v) is 9.18. The van der Waals surface area contributed by atoms with E-state index < -0.39 is 29.4 Å². The molecule has 0 aromatic heterocycles. The van der Waals surface area contributed by atoms with Gasteiger partial charge in [-0.15, -0.1) is 0 Å². The molecule has 7 heteroatoms. The highest BCUT2D eigenvalue weighted by Gasteiger charge is 2.66. The van der Waals surface area contributed by atoms with Crippen molar-refractivity contribution >= 4 is 17.9 Å². The van der Waals surface area contributed by atoms with E-state index >= 15 is 0 Å². The van der Waals surface area contributed by atoms with Gasteiger partial charge in [-0.1, -0.05) is 12.2 Å². The molecular weight excluding hydrogens is 338 g/mol. The molecule has 1 aliphatic heterocycles. The van der Waals surface area contributed by atoms with Crippen LogP contribution < -0.4 is 5.32 Å². The quantitative estimate of drug-likeness (QED) is 0.330. The normalized spacial score (nSPS) is 30.0. The van der Waals surface area contributed by atoms with Gasteiger partial charge in [0, 0.05) is 18.0 Å². The van der Waals surface area contributed by atoms with Crippen molar-refractivity contribution in [2.75, 3.05) is 19.8 Å². The summed E-state index contributed by atoms with van der Waals surface area (Å²) in [4.78, 5) is 38.2. The molecule has 7 nitrogen and oxygen atoms in total. The second-order valence-electron chi connectivity index (χ2n) is 6.71. The molecule has 1 fully saturated rings. The van der Waals surface area contributed by atoms with Gasteiger partial charge in [-0.3, -0.25) is 0 Å². The van der Waals surface area contributed by atoms with Crippen molar-refractivity contribution in [3.63, 3.8) is 0 Å². The minimum absolute atomic E-state index is 0.00978. The third-order valence-corrected chi connectivity index (χ3v) is 5.48. The molecule has 0 radical (unpaired) electrons. The Bertz CT molecular complexity index is 649. The topological polar surface area (TPSA) is 90.9 Å². The molecule has 142 valence electrons. The molecule has 3 aliphatic rings. The molecule has 1 saturated carbocycles. The van der Waals surface area contributed by atoms with E-state index in [2.05, 4.69) is 11.4 Å². The van der Waals surface area contributed by atoms with Crippen LogP contribution in [-0.4, -0.2) is 43.3 Å². The third kappa shape index (κ3) is 2.61. The highest BCUT2D eigenvalue weighted by Crippen LogP contribution is 2.57. The molecule has 0 saturated heterocycles. The lowest BCUT2D eigenvalue weighted by atomic mass is 9.65. The van der Waals surface area contributed by atoms with Crippen molar-refractivity contribution in [2.24, 2.45) is 23.7 Å². The van der Waals surface area contributed by atoms with Gasteiger partial charge in [0.2, 0.25) is 5.54 Å². The average molecular weight is 363 g/mol. The maximum absolute atomic E-state index is 12.9. The summed E-state index contributed by atoms with van der Waals surface area (Å²) in [6.45, 7) is 5.69. The number of nitrogens with one attached hydrogen (secondary N) is 1. The van der Waals surface area contributed by atoms with Crippen LogP contribution in [0.5, 0.6) is 0 Å². The smallest absolute Gasteiger partial charge is 0.343 e. The number of fused-ring (bicyclic) bond motifs is 5. The molecule has 2 bridgehead atoms. The summed E-state index contributed by atoms with van der Waals surface area (Å²) in [6, 6.07) is 0. The summed E-state index contributed by atoms with van der Waals surface area (Å²) in [5.74, 6) is -2.38. The van der Waals surface area contributed by atoms with Crippen LogP contribution in [0.25, 0.3) is 0 Å². The lowest BCUT2D eigenvalue weighted by molar-refractivity contribution is -0.172. The van der Waals surface area contributed by atoms with E-state index in [0.717, 1.165) is 6.42 Å². The Kier molecular flexibility index (Phi) is 5.07. The fourth-order valence-electron chi connectivity index (χ4n) is 4.59. The molecule has 2 aliphatic carbocycles. The molecule has 0 spiro atoms. The Morgan fingerprint density at radius 2 is 1.58 bits per heavy atom. The van der Waals surface area contributed by atoms with E-state index in [0.29, 0.717) is 5.57 Å². The third-order valence-electron chi connectivity index (χ3n) is 5.48. The van der Waals surface area contributed by atoms with Crippen molar-refractivity contribution in [3.05, 3.63) is 23.9 Å². The first-order valence-electron chi connectivity index (χ1n) is 9.18. The van der Waals surface area contributed by atoms with Crippen molar-refractivity contribution in [2.45, 2.75) is 32.7 Å². The molecule has 4 atom stereocenters. The highest BCUT2D eigenvalue weighted by atomic mass is 16.6. The van der Waals surface area contributed by atoms with Crippen molar-refractivity contribution in [1.29, 1.82) is 0 Å². The summed E-state index contributed by atoms with van der Waals surface area (Å²) in [5, 5.41) is 2.90. The van der Waals surface area contributed by atoms with E-state index in [1.54, 1.807) is 20.8 Å². The number of carbonyl (C=O) groups is 3.